The van der Waals surface area contributed by atoms with E-state index in [2.05, 4.69) is 9.71 Å². The van der Waals surface area contributed by atoms with Crippen LogP contribution in [-0.4, -0.2) is 25.2 Å². The van der Waals surface area contributed by atoms with E-state index in [-0.39, 0.29) is 10.6 Å². The zero-order chi connectivity index (χ0) is 19.7. The molecule has 1 atom stereocenters. The highest BCUT2D eigenvalue weighted by Crippen LogP contribution is 2.37. The molecule has 0 bridgehead atoms. The van der Waals surface area contributed by atoms with Gasteiger partial charge in [-0.3, -0.25) is 14.6 Å². The minimum atomic E-state index is -4.07. The number of esters is 1. The molecule has 0 aliphatic carbocycles. The van der Waals surface area contributed by atoms with Gasteiger partial charge in [-0.25, -0.2) is 13.1 Å². The first kappa shape index (κ1) is 18.6. The van der Waals surface area contributed by atoms with Gasteiger partial charge in [0.05, 0.1) is 10.6 Å². The average molecular weight is 388 g/mol. The fourth-order valence-electron chi connectivity index (χ4n) is 2.51. The van der Waals surface area contributed by atoms with Crippen LogP contribution in [0, 0.1) is 0 Å². The number of carbonyl (C=O) groups is 2. The van der Waals surface area contributed by atoms with E-state index in [0.29, 0.717) is 0 Å². The number of ketones is 1. The Morgan fingerprint density at radius 2 is 1.81 bits per heavy atom. The number of carbonyl (C=O) groups excluding carboxylic acids is 2. The largest absolute Gasteiger partial charge is 0.454 e. The van der Waals surface area contributed by atoms with Crippen LogP contribution < -0.4 is 4.72 Å². The summed E-state index contributed by atoms with van der Waals surface area (Å²) in [6.07, 6.45) is 1.47. The van der Waals surface area contributed by atoms with Gasteiger partial charge in [0.15, 0.2) is 0 Å². The van der Waals surface area contributed by atoms with Crippen LogP contribution in [0.3, 0.4) is 0 Å². The van der Waals surface area contributed by atoms with Crippen LogP contribution in [0.2, 0.25) is 0 Å². The predicted molar refractivity (Wildman–Crippen MR) is 93.2 cm³/mol. The van der Waals surface area contributed by atoms with Crippen LogP contribution in [-0.2, 0) is 34.7 Å². The first-order chi connectivity index (χ1) is 12.7. The number of nitrogens with one attached hydrogen (secondary N) is 1. The maximum Gasteiger partial charge on any atom is 0.308 e. The molecule has 2 heterocycles. The van der Waals surface area contributed by atoms with E-state index in [1.54, 1.807) is 36.4 Å². The van der Waals surface area contributed by atoms with Gasteiger partial charge in [0.2, 0.25) is 11.4 Å². The SMILES string of the molecule is CC(=O)OC1=C(NS(=O)(=O)c2ccccc2)OC(C)(c2ccccn2)C1=O. The molecule has 140 valence electrons. The van der Waals surface area contributed by atoms with Crippen molar-refractivity contribution in [2.45, 2.75) is 24.3 Å². The Balaban J connectivity index is 2.01. The molecular formula is C18H16N2O6S. The van der Waals surface area contributed by atoms with Gasteiger partial charge >= 0.3 is 5.97 Å². The summed E-state index contributed by atoms with van der Waals surface area (Å²) in [6.45, 7) is 2.52. The van der Waals surface area contributed by atoms with Crippen LogP contribution in [0.15, 0.2) is 71.3 Å². The number of nitrogens with zero attached hydrogens (tertiary/aromatic N) is 1. The topological polar surface area (TPSA) is 112 Å². The number of pyridine rings is 1. The number of Topliss-reactive ketones (excluding diaryl/α,β-unsaturated/α-hetero) is 1. The lowest BCUT2D eigenvalue weighted by molar-refractivity contribution is -0.142. The molecule has 27 heavy (non-hydrogen) atoms. The highest BCUT2D eigenvalue weighted by molar-refractivity contribution is 7.89. The van der Waals surface area contributed by atoms with Crippen molar-refractivity contribution in [3.63, 3.8) is 0 Å². The molecule has 2 aromatic rings. The van der Waals surface area contributed by atoms with Gasteiger partial charge in [-0.15, -0.1) is 0 Å². The summed E-state index contributed by atoms with van der Waals surface area (Å²) in [6, 6.07) is 12.4. The third-order valence-electron chi connectivity index (χ3n) is 3.83. The predicted octanol–water partition coefficient (Wildman–Crippen LogP) is 1.61. The standard InChI is InChI=1S/C18H16N2O6S/c1-12(21)25-15-16(22)18(2,14-10-6-7-11-19-14)26-17(15)20-27(23,24)13-8-4-3-5-9-13/h3-11,20H,1-2H3. The van der Waals surface area contributed by atoms with Crippen molar-refractivity contribution >= 4 is 21.8 Å². The van der Waals surface area contributed by atoms with Crippen LogP contribution in [0.5, 0.6) is 0 Å². The fraction of sp³-hybridized carbons (Fsp3) is 0.167. The first-order valence-corrected chi connectivity index (χ1v) is 9.38. The lowest BCUT2D eigenvalue weighted by Crippen LogP contribution is -2.33. The third kappa shape index (κ3) is 3.54. The Morgan fingerprint density at radius 1 is 1.15 bits per heavy atom. The van der Waals surface area contributed by atoms with Crippen LogP contribution in [0.25, 0.3) is 0 Å². The molecule has 8 nitrogen and oxygen atoms in total. The molecule has 1 aliphatic rings. The van der Waals surface area contributed by atoms with Crippen molar-refractivity contribution in [1.29, 1.82) is 0 Å². The molecule has 1 aromatic carbocycles. The molecule has 1 unspecified atom stereocenters. The highest BCUT2D eigenvalue weighted by Gasteiger charge is 2.51. The summed E-state index contributed by atoms with van der Waals surface area (Å²) < 4.78 is 37.9. The molecule has 0 radical (unpaired) electrons. The zero-order valence-electron chi connectivity index (χ0n) is 14.5. The highest BCUT2D eigenvalue weighted by atomic mass is 32.2. The number of hydrogen-bond donors (Lipinski definition) is 1. The van der Waals surface area contributed by atoms with Crippen molar-refractivity contribution in [3.05, 3.63) is 72.1 Å². The van der Waals surface area contributed by atoms with Crippen LogP contribution in [0.1, 0.15) is 19.5 Å². The van der Waals surface area contributed by atoms with Gasteiger partial charge in [0.1, 0.15) is 0 Å². The Hall–Kier alpha value is -3.20. The summed E-state index contributed by atoms with van der Waals surface area (Å²) in [5, 5.41) is 0. The van der Waals surface area contributed by atoms with Crippen molar-refractivity contribution in [2.75, 3.05) is 0 Å². The first-order valence-electron chi connectivity index (χ1n) is 7.90. The summed E-state index contributed by atoms with van der Waals surface area (Å²) >= 11 is 0. The monoisotopic (exact) mass is 388 g/mol. The molecule has 1 aliphatic heterocycles. The van der Waals surface area contributed by atoms with Crippen LogP contribution in [0.4, 0.5) is 0 Å². The van der Waals surface area contributed by atoms with Gasteiger partial charge in [0.25, 0.3) is 21.7 Å². The molecule has 0 amide bonds. The molecular weight excluding hydrogens is 372 g/mol. The van der Waals surface area contributed by atoms with Crippen LogP contribution >= 0.6 is 0 Å². The number of rotatable bonds is 5. The van der Waals surface area contributed by atoms with Crippen molar-refractivity contribution < 1.29 is 27.5 Å². The molecule has 0 saturated heterocycles. The summed E-state index contributed by atoms with van der Waals surface area (Å²) in [4.78, 5) is 28.3. The van der Waals surface area contributed by atoms with E-state index >= 15 is 0 Å². The van der Waals surface area contributed by atoms with E-state index in [9.17, 15) is 18.0 Å². The van der Waals surface area contributed by atoms with Crippen molar-refractivity contribution in [1.82, 2.24) is 9.71 Å². The minimum absolute atomic E-state index is 0.0397. The van der Waals surface area contributed by atoms with Crippen molar-refractivity contribution in [2.24, 2.45) is 0 Å². The lowest BCUT2D eigenvalue weighted by atomic mass is 9.96. The van der Waals surface area contributed by atoms with E-state index in [0.717, 1.165) is 6.92 Å². The lowest BCUT2D eigenvalue weighted by Gasteiger charge is -2.22. The second-order valence-electron chi connectivity index (χ2n) is 5.85. The second-order valence-corrected chi connectivity index (χ2v) is 7.53. The molecule has 0 spiro atoms. The Bertz CT molecular complexity index is 1020. The van der Waals surface area contributed by atoms with E-state index in [4.69, 9.17) is 9.47 Å². The number of aromatic nitrogens is 1. The summed E-state index contributed by atoms with van der Waals surface area (Å²) in [5.74, 6) is -2.49. The van der Waals surface area contributed by atoms with Gasteiger partial charge in [-0.2, -0.15) is 0 Å². The number of hydrogen-bond acceptors (Lipinski definition) is 7. The van der Waals surface area contributed by atoms with Gasteiger partial charge in [-0.1, -0.05) is 24.3 Å². The molecule has 9 heteroatoms. The Morgan fingerprint density at radius 3 is 2.41 bits per heavy atom. The normalized spacial score (nSPS) is 19.6. The second kappa shape index (κ2) is 6.84. The number of sulfonamides is 1. The third-order valence-corrected chi connectivity index (χ3v) is 5.18. The maximum absolute atomic E-state index is 12.9. The molecule has 3 rings (SSSR count). The molecule has 1 N–H and O–H groups in total. The molecule has 0 saturated carbocycles. The Labute approximate surface area is 155 Å². The van der Waals surface area contributed by atoms with Gasteiger partial charge in [-0.05, 0) is 31.2 Å². The summed E-state index contributed by atoms with van der Waals surface area (Å²) in [5.41, 5.74) is -1.39. The Kier molecular flexibility index (Phi) is 4.71. The summed E-state index contributed by atoms with van der Waals surface area (Å²) in [7, 11) is -4.07. The minimum Gasteiger partial charge on any atom is -0.454 e. The van der Waals surface area contributed by atoms with Gasteiger partial charge in [0, 0.05) is 13.1 Å². The molecule has 0 fully saturated rings. The maximum atomic E-state index is 12.9. The smallest absolute Gasteiger partial charge is 0.308 e. The fourth-order valence-corrected chi connectivity index (χ4v) is 3.53. The average Bonchev–Trinajstić information content (AvgIpc) is 2.88. The zero-order valence-corrected chi connectivity index (χ0v) is 15.3. The number of ether oxygens (including phenoxy) is 2. The quantitative estimate of drug-likeness (QED) is 0.775. The molecule has 1 aromatic heterocycles. The van der Waals surface area contributed by atoms with E-state index < -0.39 is 39.0 Å². The van der Waals surface area contributed by atoms with E-state index in [1.165, 1.54) is 25.3 Å². The van der Waals surface area contributed by atoms with E-state index in [1.807, 2.05) is 0 Å². The number of benzene rings is 1. The van der Waals surface area contributed by atoms with Crippen molar-refractivity contribution in [3.8, 4) is 0 Å². The van der Waals surface area contributed by atoms with Gasteiger partial charge < -0.3 is 9.47 Å².